The Morgan fingerprint density at radius 1 is 0.909 bits per heavy atom. The highest BCUT2D eigenvalue weighted by Crippen LogP contribution is 2.26. The van der Waals surface area contributed by atoms with Crippen molar-refractivity contribution in [3.8, 4) is 11.1 Å². The van der Waals surface area contributed by atoms with Crippen LogP contribution in [0.5, 0.6) is 0 Å². The van der Waals surface area contributed by atoms with E-state index in [1.807, 2.05) is 12.1 Å². The molecule has 1 saturated heterocycles. The quantitative estimate of drug-likeness (QED) is 0.840. The number of hydrogen-bond donors (Lipinski definition) is 0. The van der Waals surface area contributed by atoms with E-state index in [1.54, 1.807) is 0 Å². The summed E-state index contributed by atoms with van der Waals surface area (Å²) in [6.07, 6.45) is 1.25. The first-order valence-corrected chi connectivity index (χ1v) is 8.35. The van der Waals surface area contributed by atoms with E-state index in [-0.39, 0.29) is 0 Å². The Balaban J connectivity index is 1.80. The lowest BCUT2D eigenvalue weighted by Crippen LogP contribution is -2.28. The molecule has 0 unspecified atom stereocenters. The first-order valence-electron chi connectivity index (χ1n) is 7.97. The Labute approximate surface area is 138 Å². The van der Waals surface area contributed by atoms with Crippen molar-refractivity contribution in [3.05, 3.63) is 59.1 Å². The van der Waals surface area contributed by atoms with Crippen LogP contribution >= 0.6 is 11.6 Å². The van der Waals surface area contributed by atoms with Crippen LogP contribution in [0.4, 0.5) is 0 Å². The lowest BCUT2D eigenvalue weighted by molar-refractivity contribution is 0.269. The third-order valence-electron chi connectivity index (χ3n) is 4.38. The highest BCUT2D eigenvalue weighted by molar-refractivity contribution is 6.30. The van der Waals surface area contributed by atoms with Crippen LogP contribution in [0.25, 0.3) is 11.1 Å². The summed E-state index contributed by atoms with van der Waals surface area (Å²) in [5.41, 5.74) is 3.96. The second-order valence-corrected chi connectivity index (χ2v) is 6.53. The van der Waals surface area contributed by atoms with Crippen molar-refractivity contribution in [2.45, 2.75) is 13.0 Å². The van der Waals surface area contributed by atoms with E-state index in [0.717, 1.165) is 24.7 Å². The fourth-order valence-electron chi connectivity index (χ4n) is 3.07. The first kappa shape index (κ1) is 15.5. The van der Waals surface area contributed by atoms with E-state index < -0.39 is 0 Å². The fraction of sp³-hybridized carbons (Fsp3) is 0.368. The van der Waals surface area contributed by atoms with Crippen molar-refractivity contribution in [1.82, 2.24) is 9.80 Å². The van der Waals surface area contributed by atoms with Gasteiger partial charge in [0.2, 0.25) is 0 Å². The first-order chi connectivity index (χ1) is 10.7. The zero-order valence-electron chi connectivity index (χ0n) is 13.1. The maximum Gasteiger partial charge on any atom is 0.0406 e. The maximum atomic E-state index is 6.01. The normalized spacial score (nSPS) is 17.4. The monoisotopic (exact) mass is 314 g/mol. The maximum absolute atomic E-state index is 6.01. The SMILES string of the molecule is CN1CCCN(Cc2ccccc2-c2ccc(Cl)cc2)CC1. The summed E-state index contributed by atoms with van der Waals surface area (Å²) >= 11 is 6.01. The van der Waals surface area contributed by atoms with Crippen LogP contribution in [0.1, 0.15) is 12.0 Å². The predicted octanol–water partition coefficient (Wildman–Crippen LogP) is 4.14. The Bertz CT molecular complexity index is 609. The summed E-state index contributed by atoms with van der Waals surface area (Å²) in [4.78, 5) is 4.99. The van der Waals surface area contributed by atoms with Gasteiger partial charge in [-0.3, -0.25) is 4.90 Å². The molecule has 1 fully saturated rings. The molecule has 1 heterocycles. The summed E-state index contributed by atoms with van der Waals surface area (Å²) in [5, 5.41) is 0.789. The smallest absolute Gasteiger partial charge is 0.0406 e. The summed E-state index contributed by atoms with van der Waals surface area (Å²) in [6.45, 7) is 5.70. The minimum atomic E-state index is 0.789. The Hall–Kier alpha value is -1.35. The van der Waals surface area contributed by atoms with Crippen LogP contribution in [0.2, 0.25) is 5.02 Å². The zero-order valence-corrected chi connectivity index (χ0v) is 13.9. The van der Waals surface area contributed by atoms with Gasteiger partial charge in [-0.1, -0.05) is 48.0 Å². The molecule has 1 aliphatic heterocycles. The van der Waals surface area contributed by atoms with Crippen LogP contribution in [0.3, 0.4) is 0 Å². The highest BCUT2D eigenvalue weighted by atomic mass is 35.5. The molecule has 0 aromatic heterocycles. The molecular formula is C19H23ClN2. The van der Waals surface area contributed by atoms with Gasteiger partial charge in [0.05, 0.1) is 0 Å². The van der Waals surface area contributed by atoms with Crippen LogP contribution in [0, 0.1) is 0 Å². The molecule has 116 valence electrons. The molecule has 3 rings (SSSR count). The largest absolute Gasteiger partial charge is 0.305 e. The summed E-state index contributed by atoms with van der Waals surface area (Å²) < 4.78 is 0. The number of nitrogens with zero attached hydrogens (tertiary/aromatic N) is 2. The van der Waals surface area contributed by atoms with Gasteiger partial charge < -0.3 is 4.90 Å². The molecule has 0 spiro atoms. The van der Waals surface area contributed by atoms with Gasteiger partial charge in [-0.05, 0) is 55.4 Å². The standard InChI is InChI=1S/C19H23ClN2/c1-21-11-4-12-22(14-13-21)15-17-5-2-3-6-19(17)16-7-9-18(20)10-8-16/h2-3,5-10H,4,11-15H2,1H3. The van der Waals surface area contributed by atoms with Gasteiger partial charge >= 0.3 is 0 Å². The summed E-state index contributed by atoms with van der Waals surface area (Å²) in [7, 11) is 2.21. The minimum absolute atomic E-state index is 0.789. The van der Waals surface area contributed by atoms with Gasteiger partial charge in [0.1, 0.15) is 0 Å². The molecule has 0 saturated carbocycles. The van der Waals surface area contributed by atoms with Gasteiger partial charge in [-0.15, -0.1) is 0 Å². The molecule has 22 heavy (non-hydrogen) atoms. The lowest BCUT2D eigenvalue weighted by atomic mass is 9.99. The van der Waals surface area contributed by atoms with Gasteiger partial charge in [0.25, 0.3) is 0 Å². The number of likely N-dealkylation sites (N-methyl/N-ethyl adjacent to an activating group) is 1. The summed E-state index contributed by atoms with van der Waals surface area (Å²) in [6, 6.07) is 16.9. The fourth-order valence-corrected chi connectivity index (χ4v) is 3.19. The lowest BCUT2D eigenvalue weighted by Gasteiger charge is -2.22. The van der Waals surface area contributed by atoms with E-state index in [2.05, 4.69) is 53.2 Å². The number of halogens is 1. The van der Waals surface area contributed by atoms with Crippen molar-refractivity contribution < 1.29 is 0 Å². The highest BCUT2D eigenvalue weighted by Gasteiger charge is 2.14. The van der Waals surface area contributed by atoms with Crippen LogP contribution in [-0.4, -0.2) is 43.0 Å². The van der Waals surface area contributed by atoms with Crippen LogP contribution in [-0.2, 0) is 6.54 Å². The van der Waals surface area contributed by atoms with E-state index in [0.29, 0.717) is 0 Å². The topological polar surface area (TPSA) is 6.48 Å². The molecule has 1 aliphatic rings. The van der Waals surface area contributed by atoms with Crippen molar-refractivity contribution in [1.29, 1.82) is 0 Å². The van der Waals surface area contributed by atoms with Crippen molar-refractivity contribution in [2.75, 3.05) is 33.2 Å². The number of rotatable bonds is 3. The van der Waals surface area contributed by atoms with Crippen molar-refractivity contribution in [2.24, 2.45) is 0 Å². The Kier molecular flexibility index (Phi) is 5.14. The molecule has 3 heteroatoms. The summed E-state index contributed by atoms with van der Waals surface area (Å²) in [5.74, 6) is 0. The third-order valence-corrected chi connectivity index (χ3v) is 4.63. The molecule has 2 aromatic carbocycles. The second-order valence-electron chi connectivity index (χ2n) is 6.10. The van der Waals surface area contributed by atoms with E-state index in [4.69, 9.17) is 11.6 Å². The van der Waals surface area contributed by atoms with Crippen molar-refractivity contribution >= 4 is 11.6 Å². The molecular weight excluding hydrogens is 292 g/mol. The minimum Gasteiger partial charge on any atom is -0.305 e. The van der Waals surface area contributed by atoms with Crippen LogP contribution in [0.15, 0.2) is 48.5 Å². The van der Waals surface area contributed by atoms with Crippen molar-refractivity contribution in [3.63, 3.8) is 0 Å². The molecule has 2 nitrogen and oxygen atoms in total. The van der Waals surface area contributed by atoms with Gasteiger partial charge in [0.15, 0.2) is 0 Å². The predicted molar refractivity (Wildman–Crippen MR) is 94.3 cm³/mol. The molecule has 0 N–H and O–H groups in total. The third kappa shape index (κ3) is 3.89. The molecule has 0 radical (unpaired) electrons. The Morgan fingerprint density at radius 2 is 1.68 bits per heavy atom. The van der Waals surface area contributed by atoms with E-state index in [1.165, 1.54) is 36.2 Å². The molecule has 0 aliphatic carbocycles. The van der Waals surface area contributed by atoms with Gasteiger partial charge in [-0.25, -0.2) is 0 Å². The average Bonchev–Trinajstić information content (AvgIpc) is 2.74. The molecule has 0 atom stereocenters. The second kappa shape index (κ2) is 7.28. The number of hydrogen-bond acceptors (Lipinski definition) is 2. The van der Waals surface area contributed by atoms with Crippen LogP contribution < -0.4 is 0 Å². The van der Waals surface area contributed by atoms with Gasteiger partial charge in [-0.2, -0.15) is 0 Å². The molecule has 2 aromatic rings. The average molecular weight is 315 g/mol. The van der Waals surface area contributed by atoms with Gasteiger partial charge in [0, 0.05) is 24.7 Å². The number of benzene rings is 2. The molecule has 0 amide bonds. The Morgan fingerprint density at radius 3 is 2.50 bits per heavy atom. The molecule has 0 bridgehead atoms. The van der Waals surface area contributed by atoms with E-state index in [9.17, 15) is 0 Å². The zero-order chi connectivity index (χ0) is 15.4. The van der Waals surface area contributed by atoms with E-state index >= 15 is 0 Å².